The Morgan fingerprint density at radius 3 is 2.74 bits per heavy atom. The maximum Gasteiger partial charge on any atom is 0.221 e. The van der Waals surface area contributed by atoms with E-state index in [1.54, 1.807) is 18.2 Å². The second-order valence-corrected chi connectivity index (χ2v) is 7.94. The Morgan fingerprint density at radius 1 is 1.30 bits per heavy atom. The van der Waals surface area contributed by atoms with Crippen molar-refractivity contribution in [3.63, 3.8) is 0 Å². The van der Waals surface area contributed by atoms with Gasteiger partial charge in [0.05, 0.1) is 5.56 Å². The van der Waals surface area contributed by atoms with Gasteiger partial charge in [0.15, 0.2) is 5.78 Å². The molecule has 0 saturated carbocycles. The highest BCUT2D eigenvalue weighted by Crippen LogP contribution is 2.24. The Balaban J connectivity index is 1.95. The van der Waals surface area contributed by atoms with Gasteiger partial charge in [0.25, 0.3) is 0 Å². The number of hydrogen-bond donors (Lipinski definition) is 2. The van der Waals surface area contributed by atoms with Gasteiger partial charge in [0.2, 0.25) is 5.91 Å². The maximum absolute atomic E-state index is 13.3. The number of hydrogen-bond acceptors (Lipinski definition) is 5. The first-order valence-electron chi connectivity index (χ1n) is 8.97. The van der Waals surface area contributed by atoms with E-state index in [1.165, 1.54) is 0 Å². The van der Waals surface area contributed by atoms with Gasteiger partial charge in [-0.2, -0.15) is 0 Å². The number of benzene rings is 1. The van der Waals surface area contributed by atoms with E-state index in [9.17, 15) is 14.8 Å². The van der Waals surface area contributed by atoms with E-state index in [4.69, 9.17) is 0 Å². The molecule has 0 bridgehead atoms. The van der Waals surface area contributed by atoms with Gasteiger partial charge >= 0.3 is 0 Å². The lowest BCUT2D eigenvalue weighted by Gasteiger charge is -2.24. The summed E-state index contributed by atoms with van der Waals surface area (Å²) >= 11 is 0. The molecule has 1 aromatic carbocycles. The fourth-order valence-electron chi connectivity index (χ4n) is 3.16. The standard InChI is InChI=1S/C20H24N4O3/c1-20(2,3)12-16(25)21-17(13-8-5-4-6-9-13)19(26)14-10-7-11-15-18(14)22-23-24(15)27/h4-5,7,9-11,17,27H,6,8,12H2,1-3H3,(H,21,25)/t17-/m1/s1. The third-order valence-corrected chi connectivity index (χ3v) is 4.39. The molecule has 2 N–H and O–H groups in total. The summed E-state index contributed by atoms with van der Waals surface area (Å²) in [4.78, 5) is 26.5. The van der Waals surface area contributed by atoms with Crippen molar-refractivity contribution >= 4 is 22.7 Å². The fraction of sp³-hybridized carbons (Fsp3) is 0.400. The largest absolute Gasteiger partial charge is 0.410 e. The number of carbonyl (C=O) groups is 2. The third-order valence-electron chi connectivity index (χ3n) is 4.39. The number of carbonyl (C=O) groups excluding carboxylic acids is 2. The number of Topliss-reactive ketones (excluding diaryl/α,β-unsaturated/α-hetero) is 1. The zero-order valence-electron chi connectivity index (χ0n) is 15.8. The zero-order chi connectivity index (χ0) is 19.6. The minimum absolute atomic E-state index is 0.172. The van der Waals surface area contributed by atoms with E-state index in [0.717, 1.165) is 12.0 Å². The summed E-state index contributed by atoms with van der Waals surface area (Å²) in [6.07, 6.45) is 7.65. The van der Waals surface area contributed by atoms with E-state index in [1.807, 2.05) is 39.0 Å². The fourth-order valence-corrected chi connectivity index (χ4v) is 3.16. The van der Waals surface area contributed by atoms with Crippen LogP contribution in [0.15, 0.2) is 42.0 Å². The average molecular weight is 368 g/mol. The monoisotopic (exact) mass is 368 g/mol. The van der Waals surface area contributed by atoms with Crippen molar-refractivity contribution in [2.45, 2.75) is 46.1 Å². The number of nitrogens with one attached hydrogen (secondary N) is 1. The van der Waals surface area contributed by atoms with Crippen LogP contribution in [0.1, 0.15) is 50.4 Å². The van der Waals surface area contributed by atoms with E-state index in [-0.39, 0.29) is 17.1 Å². The van der Waals surface area contributed by atoms with Crippen LogP contribution in [0.2, 0.25) is 0 Å². The van der Waals surface area contributed by atoms with Crippen LogP contribution in [0.3, 0.4) is 0 Å². The molecule has 0 spiro atoms. The molecular formula is C20H24N4O3. The highest BCUT2D eigenvalue weighted by molar-refractivity contribution is 6.11. The summed E-state index contributed by atoms with van der Waals surface area (Å²) in [6.45, 7) is 5.94. The second kappa shape index (κ2) is 7.34. The van der Waals surface area contributed by atoms with Crippen LogP contribution in [0.25, 0.3) is 11.0 Å². The van der Waals surface area contributed by atoms with Gasteiger partial charge in [-0.05, 0) is 41.2 Å². The molecule has 3 rings (SSSR count). The van der Waals surface area contributed by atoms with E-state index < -0.39 is 6.04 Å². The van der Waals surface area contributed by atoms with Crippen LogP contribution < -0.4 is 5.32 Å². The third kappa shape index (κ3) is 4.24. The molecule has 1 aromatic heterocycles. The molecule has 0 aliphatic heterocycles. The number of amides is 1. The number of fused-ring (bicyclic) bond motifs is 1. The summed E-state index contributed by atoms with van der Waals surface area (Å²) in [5, 5.41) is 20.1. The highest BCUT2D eigenvalue weighted by atomic mass is 16.5. The maximum atomic E-state index is 13.3. The van der Waals surface area contributed by atoms with Crippen LogP contribution in [0.4, 0.5) is 0 Å². The van der Waals surface area contributed by atoms with Crippen molar-refractivity contribution in [3.8, 4) is 0 Å². The quantitative estimate of drug-likeness (QED) is 0.480. The van der Waals surface area contributed by atoms with Gasteiger partial charge in [0.1, 0.15) is 17.1 Å². The predicted molar refractivity (Wildman–Crippen MR) is 102 cm³/mol. The van der Waals surface area contributed by atoms with Gasteiger partial charge in [0, 0.05) is 6.42 Å². The minimum atomic E-state index is -0.765. The Morgan fingerprint density at radius 2 is 2.07 bits per heavy atom. The van der Waals surface area contributed by atoms with E-state index in [0.29, 0.717) is 34.3 Å². The van der Waals surface area contributed by atoms with Crippen molar-refractivity contribution < 1.29 is 14.8 Å². The van der Waals surface area contributed by atoms with Gasteiger partial charge in [-0.25, -0.2) is 0 Å². The first kappa shape index (κ1) is 18.8. The Kier molecular flexibility index (Phi) is 5.12. The van der Waals surface area contributed by atoms with Crippen molar-refractivity contribution in [1.29, 1.82) is 0 Å². The lowest BCUT2D eigenvalue weighted by atomic mass is 9.89. The first-order chi connectivity index (χ1) is 12.8. The molecule has 27 heavy (non-hydrogen) atoms. The van der Waals surface area contributed by atoms with Crippen molar-refractivity contribution in [3.05, 3.63) is 47.6 Å². The average Bonchev–Trinajstić information content (AvgIpc) is 3.00. The number of aromatic nitrogens is 3. The van der Waals surface area contributed by atoms with E-state index in [2.05, 4.69) is 15.6 Å². The molecule has 1 amide bonds. The van der Waals surface area contributed by atoms with Crippen LogP contribution in [-0.2, 0) is 4.79 Å². The molecular weight excluding hydrogens is 344 g/mol. The highest BCUT2D eigenvalue weighted by Gasteiger charge is 2.29. The number of ketones is 1. The molecule has 1 aliphatic carbocycles. The summed E-state index contributed by atoms with van der Waals surface area (Å²) in [5.41, 5.74) is 1.66. The predicted octanol–water partition coefficient (Wildman–Crippen LogP) is 3.05. The Labute approximate surface area is 157 Å². The Bertz CT molecular complexity index is 934. The van der Waals surface area contributed by atoms with Crippen molar-refractivity contribution in [1.82, 2.24) is 20.5 Å². The van der Waals surface area contributed by atoms with Crippen LogP contribution in [0.5, 0.6) is 0 Å². The molecule has 1 aliphatic rings. The number of allylic oxidation sites excluding steroid dienone is 3. The molecule has 0 radical (unpaired) electrons. The lowest BCUT2D eigenvalue weighted by molar-refractivity contribution is -0.123. The van der Waals surface area contributed by atoms with Crippen LogP contribution in [-0.4, -0.2) is 38.1 Å². The molecule has 1 heterocycles. The topological polar surface area (TPSA) is 97.1 Å². The molecule has 0 saturated heterocycles. The van der Waals surface area contributed by atoms with Gasteiger partial charge in [-0.3, -0.25) is 9.59 Å². The lowest BCUT2D eigenvalue weighted by Crippen LogP contribution is -2.43. The van der Waals surface area contributed by atoms with Gasteiger partial charge in [-0.15, -0.1) is 5.10 Å². The summed E-state index contributed by atoms with van der Waals surface area (Å²) in [5.74, 6) is -0.431. The minimum Gasteiger partial charge on any atom is -0.410 e. The second-order valence-electron chi connectivity index (χ2n) is 7.94. The smallest absolute Gasteiger partial charge is 0.221 e. The van der Waals surface area contributed by atoms with Crippen molar-refractivity contribution in [2.75, 3.05) is 0 Å². The number of nitrogens with zero attached hydrogens (tertiary/aromatic N) is 3. The molecule has 1 atom stereocenters. The molecule has 0 fully saturated rings. The molecule has 0 unspecified atom stereocenters. The SMILES string of the molecule is CC(C)(C)CC(=O)N[C@@H](C(=O)c1cccc2c1nnn2O)C1=CCC=CC1. The summed E-state index contributed by atoms with van der Waals surface area (Å²) in [6, 6.07) is 4.16. The van der Waals surface area contributed by atoms with Crippen LogP contribution in [0, 0.1) is 5.41 Å². The molecule has 7 heteroatoms. The van der Waals surface area contributed by atoms with Gasteiger partial charge in [-0.1, -0.05) is 49.9 Å². The Hall–Kier alpha value is -2.96. The summed E-state index contributed by atoms with van der Waals surface area (Å²) < 4.78 is 0. The number of rotatable bonds is 5. The molecule has 142 valence electrons. The molecule has 2 aromatic rings. The molecule has 7 nitrogen and oxygen atoms in total. The van der Waals surface area contributed by atoms with Crippen molar-refractivity contribution in [2.24, 2.45) is 5.41 Å². The van der Waals surface area contributed by atoms with Crippen LogP contribution >= 0.6 is 0 Å². The summed E-state index contributed by atoms with van der Waals surface area (Å²) in [7, 11) is 0. The van der Waals surface area contributed by atoms with E-state index >= 15 is 0 Å². The first-order valence-corrected chi connectivity index (χ1v) is 8.97. The van der Waals surface area contributed by atoms with Gasteiger partial charge < -0.3 is 10.5 Å². The zero-order valence-corrected chi connectivity index (χ0v) is 15.8. The normalized spacial score (nSPS) is 15.4.